The predicted molar refractivity (Wildman–Crippen MR) is 145 cm³/mol. The van der Waals surface area contributed by atoms with Crippen LogP contribution < -0.4 is 11.1 Å². The van der Waals surface area contributed by atoms with Crippen LogP contribution >= 0.6 is 0 Å². The fourth-order valence-corrected chi connectivity index (χ4v) is 5.77. The first-order chi connectivity index (χ1) is 19.3. The van der Waals surface area contributed by atoms with Gasteiger partial charge in [-0.15, -0.1) is 0 Å². The van der Waals surface area contributed by atoms with E-state index in [-0.39, 0.29) is 48.2 Å². The number of hydrogen-bond donors (Lipinski definition) is 3. The highest BCUT2D eigenvalue weighted by molar-refractivity contribution is 5.67. The number of benzene rings is 1. The number of aromatic nitrogens is 4. The van der Waals surface area contributed by atoms with E-state index in [2.05, 4.69) is 27.3 Å². The summed E-state index contributed by atoms with van der Waals surface area (Å²) in [6, 6.07) is 7.27. The Labute approximate surface area is 230 Å². The number of nitrogens with two attached hydrogens (primary N) is 1. The van der Waals surface area contributed by atoms with Crippen LogP contribution in [-0.2, 0) is 17.6 Å². The number of alkyl carbamates (subject to hydrolysis) is 1. The molecule has 3 aromatic heterocycles. The molecule has 0 radical (unpaired) electrons. The third-order valence-electron chi connectivity index (χ3n) is 7.70. The quantitative estimate of drug-likeness (QED) is 0.320. The fourth-order valence-electron chi connectivity index (χ4n) is 5.77. The van der Waals surface area contributed by atoms with E-state index >= 15 is 0 Å². The van der Waals surface area contributed by atoms with Crippen molar-refractivity contribution in [1.82, 2.24) is 24.9 Å². The third kappa shape index (κ3) is 5.52. The van der Waals surface area contributed by atoms with Gasteiger partial charge in [-0.05, 0) is 78.1 Å². The molecule has 40 heavy (non-hydrogen) atoms. The minimum Gasteiger partial charge on any atom is -0.453 e. The number of methoxy groups -OCH3 is 1. The first kappa shape index (κ1) is 27.6. The Morgan fingerprint density at radius 2 is 1.98 bits per heavy atom. The second kappa shape index (κ2) is 11.6. The molecule has 3 heterocycles. The maximum atomic E-state index is 14.9. The zero-order valence-electron chi connectivity index (χ0n) is 22.3. The molecule has 0 bridgehead atoms. The standard InChI is InChI=1S/C29H32F2N6O3/c1-16-9-18(12-24(32)28(16)35-29(39)40-2)21-5-7-33-14-19(21)13-26-34-15-20-3-4-25(36-37(20)26)27-22(30)10-17(6-8-38)11-23(27)31/h3-5,7,10-11,14-16,18,24,28,38H,6,8-9,12-13,32H2,1-2H3,(H,35,39)/t16-,18+,24+,28-/m0/s1. The van der Waals surface area contributed by atoms with E-state index in [9.17, 15) is 13.6 Å². The highest BCUT2D eigenvalue weighted by atomic mass is 19.1. The highest BCUT2D eigenvalue weighted by Gasteiger charge is 2.36. The van der Waals surface area contributed by atoms with Crippen LogP contribution in [0.4, 0.5) is 13.6 Å². The molecule has 4 aromatic rings. The van der Waals surface area contributed by atoms with E-state index in [0.29, 0.717) is 29.7 Å². The summed E-state index contributed by atoms with van der Waals surface area (Å²) >= 11 is 0. The van der Waals surface area contributed by atoms with Crippen LogP contribution in [0.1, 0.15) is 48.2 Å². The molecular weight excluding hydrogens is 518 g/mol. The maximum Gasteiger partial charge on any atom is 0.407 e. The average molecular weight is 551 g/mol. The van der Waals surface area contributed by atoms with Crippen LogP contribution in [0, 0.1) is 17.6 Å². The molecule has 210 valence electrons. The van der Waals surface area contributed by atoms with Gasteiger partial charge < -0.3 is 20.9 Å². The molecule has 5 rings (SSSR count). The van der Waals surface area contributed by atoms with Crippen molar-refractivity contribution in [3.63, 3.8) is 0 Å². The average Bonchev–Trinajstić information content (AvgIpc) is 3.32. The molecule has 1 aromatic carbocycles. The second-order valence-electron chi connectivity index (χ2n) is 10.4. The minimum absolute atomic E-state index is 0.124. The van der Waals surface area contributed by atoms with Crippen molar-refractivity contribution in [2.45, 2.75) is 50.6 Å². The third-order valence-corrected chi connectivity index (χ3v) is 7.70. The molecule has 1 aliphatic rings. The van der Waals surface area contributed by atoms with Gasteiger partial charge in [-0.2, -0.15) is 5.10 Å². The van der Waals surface area contributed by atoms with E-state index in [1.165, 1.54) is 19.2 Å². The van der Waals surface area contributed by atoms with Crippen molar-refractivity contribution >= 4 is 11.6 Å². The van der Waals surface area contributed by atoms with Crippen molar-refractivity contribution in [3.8, 4) is 11.3 Å². The summed E-state index contributed by atoms with van der Waals surface area (Å²) in [5.41, 5.74) is 9.52. The van der Waals surface area contributed by atoms with Gasteiger partial charge in [-0.25, -0.2) is 23.1 Å². The number of ether oxygens (including phenoxy) is 1. The van der Waals surface area contributed by atoms with Gasteiger partial charge >= 0.3 is 6.09 Å². The number of carbonyl (C=O) groups excluding carboxylic acids is 1. The molecule has 1 saturated carbocycles. The Morgan fingerprint density at radius 1 is 1.20 bits per heavy atom. The van der Waals surface area contributed by atoms with Crippen molar-refractivity contribution in [2.24, 2.45) is 11.7 Å². The Kier molecular flexibility index (Phi) is 8.04. The number of amides is 1. The molecule has 1 aliphatic carbocycles. The zero-order valence-corrected chi connectivity index (χ0v) is 22.3. The molecule has 0 aliphatic heterocycles. The molecule has 0 unspecified atom stereocenters. The number of fused-ring (bicyclic) bond motifs is 1. The number of aliphatic hydroxyl groups is 1. The summed E-state index contributed by atoms with van der Waals surface area (Å²) in [7, 11) is 1.33. The minimum atomic E-state index is -0.741. The normalized spacial score (nSPS) is 20.9. The molecule has 9 nitrogen and oxygen atoms in total. The van der Waals surface area contributed by atoms with Crippen LogP contribution in [0.25, 0.3) is 16.8 Å². The SMILES string of the molecule is COC(=O)N[C@@H]1[C@H](N)C[C@H](c2ccncc2Cc2ncc3ccc(-c4c(F)cc(CCO)cc4F)nn23)C[C@@H]1C. The van der Waals surface area contributed by atoms with Crippen LogP contribution in [0.5, 0.6) is 0 Å². The summed E-state index contributed by atoms with van der Waals surface area (Å²) in [4.78, 5) is 20.7. The van der Waals surface area contributed by atoms with Gasteiger partial charge in [0.25, 0.3) is 0 Å². The fraction of sp³-hybridized carbons (Fsp3) is 0.379. The molecule has 1 amide bonds. The lowest BCUT2D eigenvalue weighted by Gasteiger charge is -2.39. The topological polar surface area (TPSA) is 128 Å². The summed E-state index contributed by atoms with van der Waals surface area (Å²) in [6.45, 7) is 1.86. The summed E-state index contributed by atoms with van der Waals surface area (Å²) in [5.74, 6) is -0.612. The Bertz CT molecular complexity index is 1490. The van der Waals surface area contributed by atoms with Crippen molar-refractivity contribution in [1.29, 1.82) is 0 Å². The molecule has 4 atom stereocenters. The van der Waals surface area contributed by atoms with E-state index in [1.807, 2.05) is 6.07 Å². The lowest BCUT2D eigenvalue weighted by Crippen LogP contribution is -2.54. The number of imidazole rings is 1. The summed E-state index contributed by atoms with van der Waals surface area (Å²) in [6.07, 6.45) is 6.77. The number of rotatable bonds is 7. The smallest absolute Gasteiger partial charge is 0.407 e. The van der Waals surface area contributed by atoms with Crippen molar-refractivity contribution in [2.75, 3.05) is 13.7 Å². The predicted octanol–water partition coefficient (Wildman–Crippen LogP) is 3.76. The Hall–Kier alpha value is -3.96. The van der Waals surface area contributed by atoms with Crippen LogP contribution in [0.15, 0.2) is 48.9 Å². The van der Waals surface area contributed by atoms with Gasteiger partial charge in [0.2, 0.25) is 0 Å². The largest absolute Gasteiger partial charge is 0.453 e. The molecule has 11 heteroatoms. The molecule has 0 spiro atoms. The zero-order chi connectivity index (χ0) is 28.4. The maximum absolute atomic E-state index is 14.9. The number of aliphatic hydroxyl groups excluding tert-OH is 1. The highest BCUT2D eigenvalue weighted by Crippen LogP contribution is 2.37. The van der Waals surface area contributed by atoms with E-state index in [0.717, 1.165) is 17.5 Å². The molecular formula is C29H32F2N6O3. The number of nitrogens with one attached hydrogen (secondary N) is 1. The van der Waals surface area contributed by atoms with E-state index in [4.69, 9.17) is 15.6 Å². The number of hydrogen-bond acceptors (Lipinski definition) is 7. The summed E-state index contributed by atoms with van der Waals surface area (Å²) < 4.78 is 36.2. The number of carbonyl (C=O) groups is 1. The first-order valence-electron chi connectivity index (χ1n) is 13.2. The summed E-state index contributed by atoms with van der Waals surface area (Å²) in [5, 5.41) is 16.5. The van der Waals surface area contributed by atoms with Gasteiger partial charge in [0.15, 0.2) is 0 Å². The van der Waals surface area contributed by atoms with E-state index in [1.54, 1.807) is 35.2 Å². The number of pyridine rings is 1. The Balaban J connectivity index is 1.43. The lowest BCUT2D eigenvalue weighted by atomic mass is 9.72. The van der Waals surface area contributed by atoms with Crippen molar-refractivity contribution in [3.05, 3.63) is 83.1 Å². The molecule has 0 saturated heterocycles. The van der Waals surface area contributed by atoms with E-state index < -0.39 is 17.7 Å². The van der Waals surface area contributed by atoms with Gasteiger partial charge in [0.05, 0.1) is 30.1 Å². The van der Waals surface area contributed by atoms with Gasteiger partial charge in [0, 0.05) is 37.5 Å². The van der Waals surface area contributed by atoms with Crippen LogP contribution in [0.3, 0.4) is 0 Å². The molecule has 4 N–H and O–H groups in total. The van der Waals surface area contributed by atoms with Gasteiger partial charge in [-0.3, -0.25) is 4.98 Å². The van der Waals surface area contributed by atoms with Crippen LogP contribution in [-0.4, -0.2) is 56.6 Å². The molecule has 1 fully saturated rings. The monoisotopic (exact) mass is 550 g/mol. The van der Waals surface area contributed by atoms with Gasteiger partial charge in [-0.1, -0.05) is 6.92 Å². The second-order valence-corrected chi connectivity index (χ2v) is 10.4. The van der Waals surface area contributed by atoms with Crippen molar-refractivity contribution < 1.29 is 23.4 Å². The van der Waals surface area contributed by atoms with Gasteiger partial charge in [0.1, 0.15) is 17.5 Å². The number of halogens is 2. The van der Waals surface area contributed by atoms with Crippen LogP contribution in [0.2, 0.25) is 0 Å². The number of nitrogens with zero attached hydrogens (tertiary/aromatic N) is 4. The lowest BCUT2D eigenvalue weighted by molar-refractivity contribution is 0.149. The first-order valence-corrected chi connectivity index (χ1v) is 13.2. The Morgan fingerprint density at radius 3 is 2.67 bits per heavy atom.